The minimum atomic E-state index is -3.70. The van der Waals surface area contributed by atoms with E-state index in [1.54, 1.807) is 45.0 Å². The maximum atomic E-state index is 12.9. The first-order valence-corrected chi connectivity index (χ1v) is 11.7. The van der Waals surface area contributed by atoms with Gasteiger partial charge in [0.25, 0.3) is 5.91 Å². The van der Waals surface area contributed by atoms with Crippen LogP contribution in [0.25, 0.3) is 0 Å². The number of carbonyl (C=O) groups excluding carboxylic acids is 1. The van der Waals surface area contributed by atoms with Gasteiger partial charge in [0.05, 0.1) is 17.2 Å². The zero-order chi connectivity index (χ0) is 22.9. The Hall–Kier alpha value is -2.68. The van der Waals surface area contributed by atoms with E-state index in [9.17, 15) is 13.2 Å². The summed E-state index contributed by atoms with van der Waals surface area (Å²) in [7, 11) is -3.70. The van der Waals surface area contributed by atoms with E-state index < -0.39 is 22.0 Å². The second kappa shape index (κ2) is 11.6. The lowest BCUT2D eigenvalue weighted by Crippen LogP contribution is -2.31. The van der Waals surface area contributed by atoms with Crippen molar-refractivity contribution >= 4 is 21.6 Å². The second-order valence-corrected chi connectivity index (χ2v) is 8.68. The van der Waals surface area contributed by atoms with Crippen molar-refractivity contribution in [3.63, 3.8) is 0 Å². The summed E-state index contributed by atoms with van der Waals surface area (Å²) in [5.74, 6) is 0.489. The first kappa shape index (κ1) is 24.6. The first-order valence-electron chi connectivity index (χ1n) is 10.2. The molecular formula is C23H30N2O5S. The lowest BCUT2D eigenvalue weighted by Gasteiger charge is -2.20. The highest BCUT2D eigenvalue weighted by molar-refractivity contribution is 7.89. The van der Waals surface area contributed by atoms with E-state index in [0.29, 0.717) is 37.6 Å². The quantitative estimate of drug-likeness (QED) is 0.385. The van der Waals surface area contributed by atoms with Gasteiger partial charge in [-0.15, -0.1) is 6.58 Å². The number of amides is 1. The van der Waals surface area contributed by atoms with E-state index in [1.165, 1.54) is 16.4 Å². The van der Waals surface area contributed by atoms with E-state index in [0.717, 1.165) is 0 Å². The van der Waals surface area contributed by atoms with E-state index >= 15 is 0 Å². The molecule has 0 radical (unpaired) electrons. The van der Waals surface area contributed by atoms with Gasteiger partial charge in [0.1, 0.15) is 11.9 Å². The fourth-order valence-corrected chi connectivity index (χ4v) is 4.31. The van der Waals surface area contributed by atoms with Crippen LogP contribution in [0.2, 0.25) is 0 Å². The van der Waals surface area contributed by atoms with Crippen molar-refractivity contribution in [1.29, 1.82) is 0 Å². The highest BCUT2D eigenvalue weighted by Gasteiger charge is 2.24. The number of ether oxygens (including phenoxy) is 2. The minimum Gasteiger partial charge on any atom is -0.455 e. The van der Waals surface area contributed by atoms with E-state index in [1.807, 2.05) is 18.2 Å². The van der Waals surface area contributed by atoms with Crippen LogP contribution in [0.4, 0.5) is 5.69 Å². The van der Waals surface area contributed by atoms with Crippen molar-refractivity contribution in [2.45, 2.75) is 38.2 Å². The molecule has 31 heavy (non-hydrogen) atoms. The zero-order valence-corrected chi connectivity index (χ0v) is 19.0. The van der Waals surface area contributed by atoms with Crippen LogP contribution in [0.15, 0.2) is 66.1 Å². The molecule has 0 aliphatic rings. The van der Waals surface area contributed by atoms with Gasteiger partial charge in [0.15, 0.2) is 5.75 Å². The largest absolute Gasteiger partial charge is 0.455 e. The van der Waals surface area contributed by atoms with Gasteiger partial charge in [-0.3, -0.25) is 4.79 Å². The molecule has 0 saturated heterocycles. The number of hydrogen-bond acceptors (Lipinski definition) is 5. The van der Waals surface area contributed by atoms with Crippen LogP contribution in [0, 0.1) is 0 Å². The molecule has 0 aliphatic carbocycles. The van der Waals surface area contributed by atoms with Gasteiger partial charge in [-0.2, -0.15) is 4.31 Å². The van der Waals surface area contributed by atoms with Crippen molar-refractivity contribution in [2.24, 2.45) is 0 Å². The Balaban J connectivity index is 2.37. The van der Waals surface area contributed by atoms with Gasteiger partial charge in [-0.05, 0) is 43.7 Å². The normalized spacial score (nSPS) is 12.4. The van der Waals surface area contributed by atoms with Crippen LogP contribution in [0.3, 0.4) is 0 Å². The molecule has 0 fully saturated rings. The SMILES string of the molecule is C=CCCOC(C)C(=O)Nc1cc(S(=O)(=O)N(CC)CC)ccc1Oc1ccccc1. The summed E-state index contributed by atoms with van der Waals surface area (Å²) in [6, 6.07) is 13.5. The Kier molecular flexibility index (Phi) is 9.23. The summed E-state index contributed by atoms with van der Waals surface area (Å²) in [5, 5.41) is 2.75. The average Bonchev–Trinajstić information content (AvgIpc) is 2.76. The van der Waals surface area contributed by atoms with E-state index in [4.69, 9.17) is 9.47 Å². The molecule has 1 amide bonds. The smallest absolute Gasteiger partial charge is 0.253 e. The van der Waals surface area contributed by atoms with Gasteiger partial charge >= 0.3 is 0 Å². The van der Waals surface area contributed by atoms with Crippen LogP contribution < -0.4 is 10.1 Å². The molecule has 168 valence electrons. The molecule has 0 heterocycles. The number of nitrogens with one attached hydrogen (secondary N) is 1. The van der Waals surface area contributed by atoms with E-state index in [2.05, 4.69) is 11.9 Å². The summed E-state index contributed by atoms with van der Waals surface area (Å²) >= 11 is 0. The zero-order valence-electron chi connectivity index (χ0n) is 18.2. The second-order valence-electron chi connectivity index (χ2n) is 6.74. The van der Waals surface area contributed by atoms with Crippen LogP contribution in [0.1, 0.15) is 27.2 Å². The Morgan fingerprint density at radius 2 is 1.84 bits per heavy atom. The van der Waals surface area contributed by atoms with Crippen molar-refractivity contribution < 1.29 is 22.7 Å². The number of carbonyl (C=O) groups is 1. The summed E-state index contributed by atoms with van der Waals surface area (Å²) in [6.07, 6.45) is 1.60. The topological polar surface area (TPSA) is 84.9 Å². The van der Waals surface area contributed by atoms with Crippen LogP contribution >= 0.6 is 0 Å². The monoisotopic (exact) mass is 446 g/mol. The Morgan fingerprint density at radius 3 is 2.45 bits per heavy atom. The highest BCUT2D eigenvalue weighted by Crippen LogP contribution is 2.33. The van der Waals surface area contributed by atoms with Crippen molar-refractivity contribution in [3.05, 3.63) is 61.2 Å². The average molecular weight is 447 g/mol. The summed E-state index contributed by atoms with van der Waals surface area (Å²) in [5.41, 5.74) is 0.251. The van der Waals surface area contributed by atoms with Gasteiger partial charge < -0.3 is 14.8 Å². The molecule has 0 aromatic heterocycles. The molecule has 0 aliphatic heterocycles. The standard InChI is InChI=1S/C23H30N2O5S/c1-5-8-16-29-18(4)23(26)24-21-17-20(31(27,28)25(6-2)7-3)14-15-22(21)30-19-12-10-9-11-13-19/h5,9-15,17-18H,1,6-8,16H2,2-4H3,(H,24,26). The first-order chi connectivity index (χ1) is 14.8. The highest BCUT2D eigenvalue weighted by atomic mass is 32.2. The third-order valence-corrected chi connectivity index (χ3v) is 6.63. The number of benzene rings is 2. The maximum Gasteiger partial charge on any atom is 0.253 e. The van der Waals surface area contributed by atoms with Crippen molar-refractivity contribution in [2.75, 3.05) is 25.0 Å². The fraction of sp³-hybridized carbons (Fsp3) is 0.348. The number of nitrogens with zero attached hydrogens (tertiary/aromatic N) is 1. The molecule has 2 aromatic carbocycles. The molecular weight excluding hydrogens is 416 g/mol. The predicted molar refractivity (Wildman–Crippen MR) is 122 cm³/mol. The molecule has 2 rings (SSSR count). The molecule has 7 nitrogen and oxygen atoms in total. The Morgan fingerprint density at radius 1 is 1.16 bits per heavy atom. The number of para-hydroxylation sites is 1. The van der Waals surface area contributed by atoms with Gasteiger partial charge in [0, 0.05) is 13.1 Å². The molecule has 1 atom stereocenters. The third-order valence-electron chi connectivity index (χ3n) is 4.58. The molecule has 2 aromatic rings. The fourth-order valence-electron chi connectivity index (χ4n) is 2.82. The van der Waals surface area contributed by atoms with Crippen molar-refractivity contribution in [1.82, 2.24) is 4.31 Å². The number of anilines is 1. The van der Waals surface area contributed by atoms with Gasteiger partial charge in [-0.1, -0.05) is 38.1 Å². The molecule has 0 saturated carbocycles. The number of sulfonamides is 1. The Labute approximate surface area is 184 Å². The van der Waals surface area contributed by atoms with Crippen LogP contribution in [-0.4, -0.2) is 44.4 Å². The summed E-state index contributed by atoms with van der Waals surface area (Å²) < 4.78 is 38.6. The maximum absolute atomic E-state index is 12.9. The summed E-state index contributed by atoms with van der Waals surface area (Å²) in [4.78, 5) is 12.7. The molecule has 8 heteroatoms. The predicted octanol–water partition coefficient (Wildman–Crippen LogP) is 4.43. The van der Waals surface area contributed by atoms with Crippen LogP contribution in [-0.2, 0) is 19.6 Å². The lowest BCUT2D eigenvalue weighted by atomic mass is 10.2. The van der Waals surface area contributed by atoms with Crippen molar-refractivity contribution in [3.8, 4) is 11.5 Å². The molecule has 1 N–H and O–H groups in total. The molecule has 0 bridgehead atoms. The minimum absolute atomic E-state index is 0.0761. The number of hydrogen-bond donors (Lipinski definition) is 1. The molecule has 0 spiro atoms. The number of rotatable bonds is 12. The lowest BCUT2D eigenvalue weighted by molar-refractivity contribution is -0.126. The van der Waals surface area contributed by atoms with Gasteiger partial charge in [0.2, 0.25) is 10.0 Å². The van der Waals surface area contributed by atoms with Gasteiger partial charge in [-0.25, -0.2) is 8.42 Å². The third kappa shape index (κ3) is 6.65. The Bertz CT molecular complexity index is 973. The van der Waals surface area contributed by atoms with E-state index in [-0.39, 0.29) is 10.6 Å². The molecule has 1 unspecified atom stereocenters. The summed E-state index contributed by atoms with van der Waals surface area (Å²) in [6.45, 7) is 9.86. The van der Waals surface area contributed by atoms with Crippen LogP contribution in [0.5, 0.6) is 11.5 Å².